The number of aromatic nitrogens is 1. The van der Waals surface area contributed by atoms with Crippen molar-refractivity contribution in [1.82, 2.24) is 9.88 Å². The van der Waals surface area contributed by atoms with E-state index in [-0.39, 0.29) is 24.5 Å². The average Bonchev–Trinajstić information content (AvgIpc) is 2.75. The first-order valence-electron chi connectivity index (χ1n) is 10.1. The fourth-order valence-electron chi connectivity index (χ4n) is 3.47. The summed E-state index contributed by atoms with van der Waals surface area (Å²) in [5.41, 5.74) is 3.26. The van der Waals surface area contributed by atoms with Gasteiger partial charge < -0.3 is 15.2 Å². The van der Waals surface area contributed by atoms with E-state index in [1.54, 1.807) is 42.5 Å². The lowest BCUT2D eigenvalue weighted by atomic mass is 10.1. The third kappa shape index (κ3) is 5.15. The van der Waals surface area contributed by atoms with Gasteiger partial charge in [-0.15, -0.1) is 0 Å². The molecule has 0 saturated heterocycles. The van der Waals surface area contributed by atoms with Gasteiger partial charge in [-0.25, -0.2) is 9.18 Å². The Bertz CT molecular complexity index is 1340. The highest BCUT2D eigenvalue weighted by atomic mass is 35.5. The van der Waals surface area contributed by atoms with Gasteiger partial charge in [-0.3, -0.25) is 4.79 Å². The molecule has 3 aromatic carbocycles. The SMILES string of the molecule is Cc1ccc2[nH]c(=O)c(CN(Cc3ccc(F)cc3)C(=O)Nc3cccc(Cl)c3)cc2c1. The van der Waals surface area contributed by atoms with Crippen LogP contribution in [0.4, 0.5) is 14.9 Å². The quantitative estimate of drug-likeness (QED) is 0.400. The summed E-state index contributed by atoms with van der Waals surface area (Å²) in [7, 11) is 0. The first-order valence-corrected chi connectivity index (χ1v) is 10.4. The van der Waals surface area contributed by atoms with Gasteiger partial charge in [-0.05, 0) is 66.4 Å². The Labute approximate surface area is 189 Å². The van der Waals surface area contributed by atoms with Crippen LogP contribution in [-0.2, 0) is 13.1 Å². The number of hydrogen-bond acceptors (Lipinski definition) is 2. The minimum Gasteiger partial charge on any atom is -0.322 e. The van der Waals surface area contributed by atoms with Gasteiger partial charge in [0, 0.05) is 28.3 Å². The molecule has 162 valence electrons. The molecule has 0 atom stereocenters. The standard InChI is InChI=1S/C25H21ClFN3O2/c1-16-5-10-23-18(11-16)12-19(24(31)29-23)15-30(14-17-6-8-21(27)9-7-17)25(32)28-22-4-2-3-20(26)13-22/h2-13H,14-15H2,1H3,(H,28,32)(H,29,31). The molecule has 2 amide bonds. The average molecular weight is 450 g/mol. The molecule has 0 unspecified atom stereocenters. The van der Waals surface area contributed by atoms with Crippen molar-refractivity contribution >= 4 is 34.2 Å². The number of carbonyl (C=O) groups is 1. The molecule has 0 fully saturated rings. The number of aromatic amines is 1. The Morgan fingerprint density at radius 1 is 1.03 bits per heavy atom. The molecule has 0 bridgehead atoms. The summed E-state index contributed by atoms with van der Waals surface area (Å²) in [6.45, 7) is 2.24. The number of anilines is 1. The summed E-state index contributed by atoms with van der Waals surface area (Å²) >= 11 is 6.03. The number of benzene rings is 3. The number of halogens is 2. The van der Waals surface area contributed by atoms with Gasteiger partial charge in [0.2, 0.25) is 0 Å². The normalized spacial score (nSPS) is 10.8. The lowest BCUT2D eigenvalue weighted by Gasteiger charge is -2.23. The fraction of sp³-hybridized carbons (Fsp3) is 0.120. The number of urea groups is 1. The van der Waals surface area contributed by atoms with E-state index >= 15 is 0 Å². The van der Waals surface area contributed by atoms with Crippen molar-refractivity contribution in [3.05, 3.63) is 111 Å². The summed E-state index contributed by atoms with van der Waals surface area (Å²) in [5.74, 6) is -0.356. The van der Waals surface area contributed by atoms with Crippen LogP contribution in [0.3, 0.4) is 0 Å². The van der Waals surface area contributed by atoms with Gasteiger partial charge >= 0.3 is 6.03 Å². The number of hydrogen-bond donors (Lipinski definition) is 2. The van der Waals surface area contributed by atoms with Crippen molar-refractivity contribution in [2.75, 3.05) is 5.32 Å². The second-order valence-electron chi connectivity index (χ2n) is 7.64. The van der Waals surface area contributed by atoms with Crippen LogP contribution in [-0.4, -0.2) is 15.9 Å². The minimum absolute atomic E-state index is 0.0724. The smallest absolute Gasteiger partial charge is 0.322 e. The number of amides is 2. The summed E-state index contributed by atoms with van der Waals surface area (Å²) in [6, 6.07) is 19.9. The number of nitrogens with one attached hydrogen (secondary N) is 2. The Hall–Kier alpha value is -3.64. The number of nitrogens with zero attached hydrogens (tertiary/aromatic N) is 1. The van der Waals surface area contributed by atoms with E-state index in [1.165, 1.54) is 17.0 Å². The van der Waals surface area contributed by atoms with Crippen molar-refractivity contribution in [2.45, 2.75) is 20.0 Å². The van der Waals surface area contributed by atoms with Gasteiger partial charge in [-0.2, -0.15) is 0 Å². The molecule has 4 aromatic rings. The lowest BCUT2D eigenvalue weighted by Crippen LogP contribution is -2.35. The van der Waals surface area contributed by atoms with E-state index in [1.807, 2.05) is 25.1 Å². The number of rotatable bonds is 5. The molecule has 1 heterocycles. The molecule has 32 heavy (non-hydrogen) atoms. The van der Waals surface area contributed by atoms with E-state index in [0.717, 1.165) is 22.0 Å². The van der Waals surface area contributed by atoms with Gasteiger partial charge in [0.05, 0.1) is 6.54 Å². The van der Waals surface area contributed by atoms with Crippen LogP contribution in [0, 0.1) is 12.7 Å². The second-order valence-corrected chi connectivity index (χ2v) is 8.07. The van der Waals surface area contributed by atoms with E-state index in [2.05, 4.69) is 10.3 Å². The number of H-pyrrole nitrogens is 1. The number of carbonyl (C=O) groups excluding carboxylic acids is 1. The van der Waals surface area contributed by atoms with E-state index in [9.17, 15) is 14.0 Å². The van der Waals surface area contributed by atoms with E-state index in [0.29, 0.717) is 16.3 Å². The largest absolute Gasteiger partial charge is 0.322 e. The van der Waals surface area contributed by atoms with Crippen molar-refractivity contribution < 1.29 is 9.18 Å². The second kappa shape index (κ2) is 9.24. The topological polar surface area (TPSA) is 65.2 Å². The third-order valence-corrected chi connectivity index (χ3v) is 5.32. The summed E-state index contributed by atoms with van der Waals surface area (Å²) in [5, 5.41) is 4.20. The molecule has 7 heteroatoms. The first-order chi connectivity index (χ1) is 15.4. The molecule has 0 aliphatic heterocycles. The van der Waals surface area contributed by atoms with E-state index in [4.69, 9.17) is 11.6 Å². The maximum Gasteiger partial charge on any atom is 0.322 e. The van der Waals surface area contributed by atoms with Gasteiger partial charge in [0.25, 0.3) is 5.56 Å². The summed E-state index contributed by atoms with van der Waals surface area (Å²) < 4.78 is 13.3. The maximum atomic E-state index is 13.3. The molecule has 0 saturated carbocycles. The van der Waals surface area contributed by atoms with Gasteiger partial charge in [-0.1, -0.05) is 41.4 Å². The van der Waals surface area contributed by atoms with Crippen LogP contribution in [0.2, 0.25) is 5.02 Å². The summed E-state index contributed by atoms with van der Waals surface area (Å²) in [6.07, 6.45) is 0. The third-order valence-electron chi connectivity index (χ3n) is 5.09. The van der Waals surface area contributed by atoms with Crippen LogP contribution in [0.1, 0.15) is 16.7 Å². The number of fused-ring (bicyclic) bond motifs is 1. The lowest BCUT2D eigenvalue weighted by molar-refractivity contribution is 0.206. The number of pyridine rings is 1. The Morgan fingerprint density at radius 2 is 1.81 bits per heavy atom. The van der Waals surface area contributed by atoms with Crippen LogP contribution < -0.4 is 10.9 Å². The summed E-state index contributed by atoms with van der Waals surface area (Å²) in [4.78, 5) is 30.2. The zero-order valence-electron chi connectivity index (χ0n) is 17.4. The van der Waals surface area contributed by atoms with Crippen LogP contribution in [0.5, 0.6) is 0 Å². The molecule has 0 aliphatic rings. The first kappa shape index (κ1) is 21.6. The van der Waals surface area contributed by atoms with E-state index < -0.39 is 6.03 Å². The highest BCUT2D eigenvalue weighted by Crippen LogP contribution is 2.18. The van der Waals surface area contributed by atoms with Crippen molar-refractivity contribution in [3.8, 4) is 0 Å². The molecule has 0 spiro atoms. The Balaban J connectivity index is 1.65. The van der Waals surface area contributed by atoms with Gasteiger partial charge in [0.1, 0.15) is 5.82 Å². The van der Waals surface area contributed by atoms with Crippen LogP contribution >= 0.6 is 11.6 Å². The molecular formula is C25H21ClFN3O2. The molecule has 2 N–H and O–H groups in total. The molecule has 0 radical (unpaired) electrons. The van der Waals surface area contributed by atoms with Gasteiger partial charge in [0.15, 0.2) is 0 Å². The van der Waals surface area contributed by atoms with Crippen molar-refractivity contribution in [2.24, 2.45) is 0 Å². The molecule has 0 aliphatic carbocycles. The Kier molecular flexibility index (Phi) is 6.23. The van der Waals surface area contributed by atoms with Crippen molar-refractivity contribution in [1.29, 1.82) is 0 Å². The molecule has 5 nitrogen and oxygen atoms in total. The van der Waals surface area contributed by atoms with Crippen LogP contribution in [0.15, 0.2) is 77.6 Å². The number of aryl methyl sites for hydroxylation is 1. The minimum atomic E-state index is -0.402. The van der Waals surface area contributed by atoms with Crippen LogP contribution in [0.25, 0.3) is 10.9 Å². The fourth-order valence-corrected chi connectivity index (χ4v) is 3.66. The molecule has 4 rings (SSSR count). The Morgan fingerprint density at radius 3 is 2.56 bits per heavy atom. The maximum absolute atomic E-state index is 13.3. The predicted molar refractivity (Wildman–Crippen MR) is 125 cm³/mol. The predicted octanol–water partition coefficient (Wildman–Crippen LogP) is 5.86. The highest BCUT2D eigenvalue weighted by molar-refractivity contribution is 6.30. The zero-order chi connectivity index (χ0) is 22.7. The highest BCUT2D eigenvalue weighted by Gasteiger charge is 2.17. The van der Waals surface area contributed by atoms with Crippen molar-refractivity contribution in [3.63, 3.8) is 0 Å². The molecule has 1 aromatic heterocycles. The zero-order valence-corrected chi connectivity index (χ0v) is 18.1. The molecular weight excluding hydrogens is 429 g/mol. The monoisotopic (exact) mass is 449 g/mol.